The molecule has 0 saturated carbocycles. The summed E-state index contributed by atoms with van der Waals surface area (Å²) >= 11 is 0. The highest BCUT2D eigenvalue weighted by molar-refractivity contribution is 5.95. The Bertz CT molecular complexity index is 744. The first-order chi connectivity index (χ1) is 11.6. The number of aromatic nitrogens is 2. The van der Waals surface area contributed by atoms with Crippen LogP contribution in [0.1, 0.15) is 49.4 Å². The predicted molar refractivity (Wildman–Crippen MR) is 93.3 cm³/mol. The van der Waals surface area contributed by atoms with Crippen LogP contribution >= 0.6 is 0 Å². The van der Waals surface area contributed by atoms with Crippen molar-refractivity contribution in [1.29, 1.82) is 0 Å². The lowest BCUT2D eigenvalue weighted by Gasteiger charge is -2.34. The van der Waals surface area contributed by atoms with E-state index in [1.54, 1.807) is 21.5 Å². The van der Waals surface area contributed by atoms with Crippen molar-refractivity contribution in [3.8, 4) is 0 Å². The second-order valence-corrected chi connectivity index (χ2v) is 8.00. The molecule has 0 fully saturated rings. The van der Waals surface area contributed by atoms with Gasteiger partial charge >= 0.3 is 6.09 Å². The molecule has 0 bridgehead atoms. The third-order valence-electron chi connectivity index (χ3n) is 4.49. The average Bonchev–Trinajstić information content (AvgIpc) is 2.74. The molecule has 25 heavy (non-hydrogen) atoms. The summed E-state index contributed by atoms with van der Waals surface area (Å²) in [4.78, 5) is 28.7. The molecule has 1 aromatic heterocycles. The van der Waals surface area contributed by atoms with Crippen LogP contribution in [0.2, 0.25) is 0 Å². The molecule has 136 valence electrons. The molecule has 0 radical (unpaired) electrons. The van der Waals surface area contributed by atoms with Crippen LogP contribution in [0, 0.1) is 0 Å². The van der Waals surface area contributed by atoms with E-state index in [1.165, 1.54) is 0 Å². The molecule has 0 aliphatic carbocycles. The zero-order chi connectivity index (χ0) is 18.5. The summed E-state index contributed by atoms with van der Waals surface area (Å²) in [6.45, 7) is 12.9. The number of likely N-dealkylation sites (N-methyl/N-ethyl adjacent to an activating group) is 1. The fraction of sp³-hybridized carbons (Fsp3) is 0.611. The topological polar surface area (TPSA) is 67.7 Å². The maximum Gasteiger partial charge on any atom is 0.410 e. The number of hydrogen-bond acceptors (Lipinski definition) is 4. The zero-order valence-corrected chi connectivity index (χ0v) is 15.6. The molecule has 2 amide bonds. The van der Waals surface area contributed by atoms with E-state index >= 15 is 0 Å². The second kappa shape index (κ2) is 5.89. The van der Waals surface area contributed by atoms with Crippen molar-refractivity contribution in [2.75, 3.05) is 13.6 Å². The first-order valence-corrected chi connectivity index (χ1v) is 8.57. The molecule has 0 saturated heterocycles. The number of ether oxygens (including phenoxy) is 1. The van der Waals surface area contributed by atoms with Gasteiger partial charge in [0.1, 0.15) is 11.3 Å². The molecule has 7 nitrogen and oxygen atoms in total. The van der Waals surface area contributed by atoms with E-state index in [0.29, 0.717) is 31.7 Å². The van der Waals surface area contributed by atoms with Crippen LogP contribution in [0.15, 0.2) is 12.2 Å². The molecule has 0 unspecified atom stereocenters. The van der Waals surface area contributed by atoms with Gasteiger partial charge in [0.15, 0.2) is 0 Å². The fourth-order valence-corrected chi connectivity index (χ4v) is 3.36. The van der Waals surface area contributed by atoms with Crippen molar-refractivity contribution < 1.29 is 14.3 Å². The predicted octanol–water partition coefficient (Wildman–Crippen LogP) is 2.21. The highest BCUT2D eigenvalue weighted by Gasteiger charge is 2.37. The van der Waals surface area contributed by atoms with Gasteiger partial charge in [0.05, 0.1) is 18.8 Å². The Balaban J connectivity index is 1.96. The fourth-order valence-electron chi connectivity index (χ4n) is 3.36. The van der Waals surface area contributed by atoms with Gasteiger partial charge in [0, 0.05) is 31.6 Å². The molecule has 2 aliphatic rings. The minimum Gasteiger partial charge on any atom is -0.444 e. The van der Waals surface area contributed by atoms with Crippen molar-refractivity contribution in [3.05, 3.63) is 29.1 Å². The lowest BCUT2D eigenvalue weighted by atomic mass is 9.99. The third-order valence-corrected chi connectivity index (χ3v) is 4.49. The maximum atomic E-state index is 12.8. The van der Waals surface area contributed by atoms with E-state index in [2.05, 4.69) is 11.7 Å². The van der Waals surface area contributed by atoms with Crippen molar-refractivity contribution in [3.63, 3.8) is 0 Å². The van der Waals surface area contributed by atoms with Crippen molar-refractivity contribution in [1.82, 2.24) is 19.6 Å². The number of nitrogens with zero attached hydrogens (tertiary/aromatic N) is 4. The van der Waals surface area contributed by atoms with Crippen LogP contribution in [-0.4, -0.2) is 56.8 Å². The molecule has 2 aliphatic heterocycles. The van der Waals surface area contributed by atoms with E-state index in [9.17, 15) is 9.59 Å². The quantitative estimate of drug-likeness (QED) is 0.676. The highest BCUT2D eigenvalue weighted by atomic mass is 16.6. The molecular weight excluding hydrogens is 320 g/mol. The minimum atomic E-state index is -0.555. The summed E-state index contributed by atoms with van der Waals surface area (Å²) < 4.78 is 7.26. The van der Waals surface area contributed by atoms with Crippen LogP contribution in [0.3, 0.4) is 0 Å². The monoisotopic (exact) mass is 346 g/mol. The number of hydrogen-bond donors (Lipinski definition) is 0. The number of carbonyl (C=O) groups is 2. The second-order valence-electron chi connectivity index (χ2n) is 8.00. The van der Waals surface area contributed by atoms with Gasteiger partial charge < -0.3 is 14.5 Å². The molecule has 0 spiro atoms. The first kappa shape index (κ1) is 17.5. The minimum absolute atomic E-state index is 0.0301. The maximum absolute atomic E-state index is 12.8. The normalized spacial score (nSPS) is 20.9. The Labute approximate surface area is 148 Å². The summed E-state index contributed by atoms with van der Waals surface area (Å²) in [6.07, 6.45) is 0.252. The van der Waals surface area contributed by atoms with Gasteiger partial charge in [0.25, 0.3) is 5.91 Å². The molecule has 3 rings (SSSR count). The van der Waals surface area contributed by atoms with Gasteiger partial charge in [-0.2, -0.15) is 5.10 Å². The Kier molecular flexibility index (Phi) is 4.13. The van der Waals surface area contributed by atoms with Gasteiger partial charge in [0.2, 0.25) is 0 Å². The summed E-state index contributed by atoms with van der Waals surface area (Å²) in [5, 5.41) is 4.63. The SMILES string of the molecule is C=C1CN(C)C(=O)c2c3c(nn2C1)C[C@@H](C)N(C(=O)OC(C)(C)C)C3. The lowest BCUT2D eigenvalue weighted by Crippen LogP contribution is -2.45. The molecule has 7 heteroatoms. The summed E-state index contributed by atoms with van der Waals surface area (Å²) in [5.41, 5.74) is 2.67. The van der Waals surface area contributed by atoms with Crippen LogP contribution < -0.4 is 0 Å². The Hall–Kier alpha value is -2.31. The average molecular weight is 346 g/mol. The van der Waals surface area contributed by atoms with E-state index in [-0.39, 0.29) is 18.0 Å². The molecule has 1 aromatic rings. The van der Waals surface area contributed by atoms with E-state index in [0.717, 1.165) is 16.8 Å². The highest BCUT2D eigenvalue weighted by Crippen LogP contribution is 2.29. The Morgan fingerprint density at radius 3 is 2.60 bits per heavy atom. The molecule has 1 atom stereocenters. The van der Waals surface area contributed by atoms with E-state index in [1.807, 2.05) is 27.7 Å². The van der Waals surface area contributed by atoms with Crippen LogP contribution in [-0.2, 0) is 24.2 Å². The molecular formula is C18H26N4O3. The number of fused-ring (bicyclic) bond motifs is 3. The van der Waals surface area contributed by atoms with E-state index < -0.39 is 5.60 Å². The van der Waals surface area contributed by atoms with Crippen molar-refractivity contribution >= 4 is 12.0 Å². The van der Waals surface area contributed by atoms with Crippen molar-refractivity contribution in [2.24, 2.45) is 0 Å². The number of rotatable bonds is 0. The molecule has 3 heterocycles. The summed E-state index contributed by atoms with van der Waals surface area (Å²) in [7, 11) is 1.76. The summed E-state index contributed by atoms with van der Waals surface area (Å²) in [6, 6.07) is -0.0301. The Morgan fingerprint density at radius 1 is 1.28 bits per heavy atom. The van der Waals surface area contributed by atoms with Gasteiger partial charge in [-0.05, 0) is 33.3 Å². The van der Waals surface area contributed by atoms with Crippen LogP contribution in [0.4, 0.5) is 4.79 Å². The van der Waals surface area contributed by atoms with E-state index in [4.69, 9.17) is 4.74 Å². The summed E-state index contributed by atoms with van der Waals surface area (Å²) in [5.74, 6) is -0.0777. The van der Waals surface area contributed by atoms with Gasteiger partial charge in [-0.25, -0.2) is 4.79 Å². The molecule has 0 N–H and O–H groups in total. The molecule has 0 aromatic carbocycles. The number of amides is 2. The Morgan fingerprint density at radius 2 is 1.96 bits per heavy atom. The smallest absolute Gasteiger partial charge is 0.410 e. The van der Waals surface area contributed by atoms with Gasteiger partial charge in [-0.1, -0.05) is 6.58 Å². The van der Waals surface area contributed by atoms with Crippen LogP contribution in [0.25, 0.3) is 0 Å². The lowest BCUT2D eigenvalue weighted by molar-refractivity contribution is 0.0136. The number of carbonyl (C=O) groups excluding carboxylic acids is 2. The largest absolute Gasteiger partial charge is 0.444 e. The standard InChI is InChI=1S/C18H26N4O3/c1-11-8-20(6)16(23)15-13-10-21(17(24)25-18(3,4)5)12(2)7-14(13)19-22(15)9-11/h12H,1,7-10H2,2-6H3/t12-/m1/s1. The zero-order valence-electron chi connectivity index (χ0n) is 15.6. The van der Waals surface area contributed by atoms with Gasteiger partial charge in [-0.15, -0.1) is 0 Å². The third kappa shape index (κ3) is 3.27. The first-order valence-electron chi connectivity index (χ1n) is 8.57. The van der Waals surface area contributed by atoms with Crippen LogP contribution in [0.5, 0.6) is 0 Å². The van der Waals surface area contributed by atoms with Crippen molar-refractivity contribution in [2.45, 2.75) is 58.8 Å². The van der Waals surface area contributed by atoms with Gasteiger partial charge in [-0.3, -0.25) is 9.48 Å².